The van der Waals surface area contributed by atoms with Crippen molar-refractivity contribution in [1.29, 1.82) is 0 Å². The second kappa shape index (κ2) is 7.10. The van der Waals surface area contributed by atoms with Crippen LogP contribution >= 0.6 is 0 Å². The van der Waals surface area contributed by atoms with E-state index in [1.807, 2.05) is 28.5 Å². The molecule has 1 saturated heterocycles. The number of hydrogen-bond donors (Lipinski definition) is 0. The summed E-state index contributed by atoms with van der Waals surface area (Å²) < 4.78 is 1.81. The summed E-state index contributed by atoms with van der Waals surface area (Å²) in [5.74, 6) is 1.44. The highest BCUT2D eigenvalue weighted by Crippen LogP contribution is 2.28. The zero-order valence-corrected chi connectivity index (χ0v) is 16.1. The van der Waals surface area contributed by atoms with Crippen molar-refractivity contribution in [3.05, 3.63) is 59.2 Å². The van der Waals surface area contributed by atoms with Gasteiger partial charge in [-0.15, -0.1) is 0 Å². The second-order valence-electron chi connectivity index (χ2n) is 7.66. The Balaban J connectivity index is 1.57. The Morgan fingerprint density at radius 3 is 2.74 bits per heavy atom. The van der Waals surface area contributed by atoms with Crippen molar-refractivity contribution in [1.82, 2.24) is 24.5 Å². The van der Waals surface area contributed by atoms with Crippen LogP contribution in [0.2, 0.25) is 0 Å². The molecule has 0 aliphatic carbocycles. The molecule has 0 bridgehead atoms. The third-order valence-electron chi connectivity index (χ3n) is 5.36. The van der Waals surface area contributed by atoms with Crippen molar-refractivity contribution < 1.29 is 4.79 Å². The molecule has 1 amide bonds. The van der Waals surface area contributed by atoms with Gasteiger partial charge in [0.2, 0.25) is 0 Å². The maximum atomic E-state index is 13.0. The predicted molar refractivity (Wildman–Crippen MR) is 104 cm³/mol. The fourth-order valence-corrected chi connectivity index (χ4v) is 3.85. The highest BCUT2D eigenvalue weighted by atomic mass is 16.2. The van der Waals surface area contributed by atoms with Gasteiger partial charge in [-0.25, -0.2) is 9.50 Å². The monoisotopic (exact) mass is 363 g/mol. The number of aromatic nitrogens is 4. The zero-order chi connectivity index (χ0) is 19.0. The van der Waals surface area contributed by atoms with Gasteiger partial charge in [-0.1, -0.05) is 26.0 Å². The van der Waals surface area contributed by atoms with E-state index in [-0.39, 0.29) is 11.8 Å². The average Bonchev–Trinajstić information content (AvgIpc) is 3.15. The van der Waals surface area contributed by atoms with Crippen molar-refractivity contribution >= 4 is 11.7 Å². The van der Waals surface area contributed by atoms with Crippen LogP contribution < -0.4 is 0 Å². The summed E-state index contributed by atoms with van der Waals surface area (Å²) in [4.78, 5) is 23.6. The van der Waals surface area contributed by atoms with E-state index in [1.165, 1.54) is 11.9 Å². The first kappa shape index (κ1) is 17.6. The van der Waals surface area contributed by atoms with Crippen LogP contribution in [0.5, 0.6) is 0 Å². The Morgan fingerprint density at radius 1 is 1.22 bits per heavy atom. The second-order valence-corrected chi connectivity index (χ2v) is 7.66. The number of piperidine rings is 1. The van der Waals surface area contributed by atoms with E-state index in [0.717, 1.165) is 36.3 Å². The van der Waals surface area contributed by atoms with Gasteiger partial charge in [0.1, 0.15) is 6.33 Å². The minimum atomic E-state index is 0.107. The predicted octanol–water partition coefficient (Wildman–Crippen LogP) is 3.58. The molecule has 0 N–H and O–H groups in total. The molecule has 6 nitrogen and oxygen atoms in total. The van der Waals surface area contributed by atoms with E-state index >= 15 is 0 Å². The molecule has 4 rings (SSSR count). The fraction of sp³-hybridized carbons (Fsp3) is 0.429. The molecule has 1 aliphatic heterocycles. The quantitative estimate of drug-likeness (QED) is 0.713. The number of benzene rings is 1. The van der Waals surface area contributed by atoms with Crippen LogP contribution in [0.15, 0.2) is 36.7 Å². The molecule has 1 fully saturated rings. The normalized spacial score (nSPS) is 17.6. The number of carbonyl (C=O) groups excluding carboxylic acids is 1. The topological polar surface area (TPSA) is 63.4 Å². The minimum Gasteiger partial charge on any atom is -0.338 e. The Morgan fingerprint density at radius 2 is 2.00 bits per heavy atom. The molecular formula is C21H25N5O. The van der Waals surface area contributed by atoms with E-state index in [1.54, 1.807) is 0 Å². The number of likely N-dealkylation sites (tertiary alicyclic amines) is 1. The first-order chi connectivity index (χ1) is 13.0. The lowest BCUT2D eigenvalue weighted by molar-refractivity contribution is 0.0705. The molecule has 0 spiro atoms. The van der Waals surface area contributed by atoms with Crippen LogP contribution in [0.4, 0.5) is 0 Å². The summed E-state index contributed by atoms with van der Waals surface area (Å²) in [6.45, 7) is 7.79. The molecule has 1 atom stereocenters. The minimum absolute atomic E-state index is 0.107. The third-order valence-corrected chi connectivity index (χ3v) is 5.36. The third kappa shape index (κ3) is 3.44. The smallest absolute Gasteiger partial charge is 0.253 e. The first-order valence-corrected chi connectivity index (χ1v) is 9.59. The lowest BCUT2D eigenvalue weighted by Gasteiger charge is -2.33. The number of fused-ring (bicyclic) bond motifs is 1. The molecular weight excluding hydrogens is 338 g/mol. The number of carbonyl (C=O) groups is 1. The van der Waals surface area contributed by atoms with Gasteiger partial charge >= 0.3 is 0 Å². The van der Waals surface area contributed by atoms with Crippen LogP contribution in [0.3, 0.4) is 0 Å². The van der Waals surface area contributed by atoms with Crippen LogP contribution in [0.1, 0.15) is 65.8 Å². The van der Waals surface area contributed by atoms with Crippen molar-refractivity contribution in [3.63, 3.8) is 0 Å². The maximum Gasteiger partial charge on any atom is 0.253 e. The first-order valence-electron chi connectivity index (χ1n) is 9.59. The highest BCUT2D eigenvalue weighted by molar-refractivity contribution is 5.94. The van der Waals surface area contributed by atoms with Gasteiger partial charge in [0, 0.05) is 30.3 Å². The van der Waals surface area contributed by atoms with E-state index in [9.17, 15) is 4.79 Å². The summed E-state index contributed by atoms with van der Waals surface area (Å²) in [7, 11) is 0. The average molecular weight is 363 g/mol. The molecule has 1 aromatic carbocycles. The van der Waals surface area contributed by atoms with Gasteiger partial charge in [0.15, 0.2) is 0 Å². The summed E-state index contributed by atoms with van der Waals surface area (Å²) >= 11 is 0. The van der Waals surface area contributed by atoms with Crippen LogP contribution in [0, 0.1) is 6.92 Å². The molecule has 1 aliphatic rings. The van der Waals surface area contributed by atoms with Gasteiger partial charge in [-0.05, 0) is 49.4 Å². The van der Waals surface area contributed by atoms with Crippen LogP contribution in [-0.4, -0.2) is 43.5 Å². The Kier molecular flexibility index (Phi) is 4.64. The molecule has 3 aromatic rings. The molecule has 140 valence electrons. The van der Waals surface area contributed by atoms with E-state index in [4.69, 9.17) is 0 Å². The van der Waals surface area contributed by atoms with Crippen molar-refractivity contribution in [2.24, 2.45) is 0 Å². The van der Waals surface area contributed by atoms with Gasteiger partial charge in [-0.3, -0.25) is 4.79 Å². The lowest BCUT2D eigenvalue weighted by atomic mass is 9.93. The van der Waals surface area contributed by atoms with Crippen molar-refractivity contribution in [2.45, 2.75) is 45.4 Å². The lowest BCUT2D eigenvalue weighted by Crippen LogP contribution is -2.39. The van der Waals surface area contributed by atoms with Gasteiger partial charge in [0.05, 0.1) is 5.69 Å². The van der Waals surface area contributed by atoms with E-state index in [0.29, 0.717) is 18.2 Å². The molecule has 0 saturated carbocycles. The molecule has 3 heterocycles. The molecule has 0 radical (unpaired) electrons. The largest absolute Gasteiger partial charge is 0.338 e. The van der Waals surface area contributed by atoms with Gasteiger partial charge < -0.3 is 4.90 Å². The van der Waals surface area contributed by atoms with E-state index < -0.39 is 0 Å². The van der Waals surface area contributed by atoms with E-state index in [2.05, 4.69) is 47.1 Å². The summed E-state index contributed by atoms with van der Waals surface area (Å²) in [5, 5.41) is 4.33. The molecule has 2 aromatic heterocycles. The Hall–Kier alpha value is -2.76. The van der Waals surface area contributed by atoms with Gasteiger partial charge in [-0.2, -0.15) is 10.1 Å². The number of hydrogen-bond acceptors (Lipinski definition) is 4. The van der Waals surface area contributed by atoms with Crippen LogP contribution in [-0.2, 0) is 0 Å². The highest BCUT2D eigenvalue weighted by Gasteiger charge is 2.27. The zero-order valence-electron chi connectivity index (χ0n) is 16.1. The number of amides is 1. The number of nitrogens with zero attached hydrogens (tertiary/aromatic N) is 5. The summed E-state index contributed by atoms with van der Waals surface area (Å²) in [6.07, 6.45) is 3.56. The SMILES string of the molecule is Cc1cc(C2CCCN(C(=O)c3ccc(C(C)C)cc3)C2)n2ncnc2n1. The Bertz CT molecular complexity index is 960. The molecule has 6 heteroatoms. The standard InChI is InChI=1S/C21H25N5O/c1-14(2)16-6-8-17(9-7-16)20(27)25-10-4-5-18(12-25)19-11-15(3)24-21-22-13-23-26(19)21/h6-9,11,13-14,18H,4-5,10,12H2,1-3H3. The Labute approximate surface area is 159 Å². The summed E-state index contributed by atoms with van der Waals surface area (Å²) in [6, 6.07) is 10.1. The van der Waals surface area contributed by atoms with Crippen LogP contribution in [0.25, 0.3) is 5.78 Å². The van der Waals surface area contributed by atoms with Crippen molar-refractivity contribution in [2.75, 3.05) is 13.1 Å². The molecule has 27 heavy (non-hydrogen) atoms. The van der Waals surface area contributed by atoms with Gasteiger partial charge in [0.25, 0.3) is 11.7 Å². The number of aryl methyl sites for hydroxylation is 1. The number of rotatable bonds is 3. The fourth-order valence-electron chi connectivity index (χ4n) is 3.85. The van der Waals surface area contributed by atoms with Crippen molar-refractivity contribution in [3.8, 4) is 0 Å². The summed E-state index contributed by atoms with van der Waals surface area (Å²) in [5.41, 5.74) is 4.03. The maximum absolute atomic E-state index is 13.0. The molecule has 1 unspecified atom stereocenters.